The van der Waals surface area contributed by atoms with Crippen LogP contribution in [0, 0.1) is 6.92 Å². The van der Waals surface area contributed by atoms with Gasteiger partial charge in [-0.2, -0.15) is 0 Å². The quantitative estimate of drug-likeness (QED) is 0.879. The van der Waals surface area contributed by atoms with Gasteiger partial charge in [0.15, 0.2) is 0 Å². The second kappa shape index (κ2) is 5.89. The number of nitrogens with one attached hydrogen (secondary N) is 1. The number of aryl methyl sites for hydroxylation is 1. The van der Waals surface area contributed by atoms with E-state index >= 15 is 0 Å². The van der Waals surface area contributed by atoms with Gasteiger partial charge in [0.05, 0.1) is 0 Å². The van der Waals surface area contributed by atoms with Crippen molar-refractivity contribution in [3.63, 3.8) is 0 Å². The molecule has 0 radical (unpaired) electrons. The van der Waals surface area contributed by atoms with E-state index in [0.717, 1.165) is 17.7 Å². The summed E-state index contributed by atoms with van der Waals surface area (Å²) in [5.74, 6) is -0.118. The third kappa shape index (κ3) is 3.15. The van der Waals surface area contributed by atoms with Crippen molar-refractivity contribution in [1.82, 2.24) is 0 Å². The summed E-state index contributed by atoms with van der Waals surface area (Å²) in [5.41, 5.74) is 3.49. The SMILES string of the molecule is CCc1ccc(C(=O)Nc2cccc(Cl)c2C)cc1. The van der Waals surface area contributed by atoms with E-state index in [1.165, 1.54) is 5.56 Å². The lowest BCUT2D eigenvalue weighted by Crippen LogP contribution is -2.12. The van der Waals surface area contributed by atoms with Crippen LogP contribution in [0.5, 0.6) is 0 Å². The largest absolute Gasteiger partial charge is 0.322 e. The molecule has 19 heavy (non-hydrogen) atoms. The fourth-order valence-electron chi connectivity index (χ4n) is 1.83. The molecule has 0 aliphatic rings. The Labute approximate surface area is 118 Å². The van der Waals surface area contributed by atoms with Crippen molar-refractivity contribution in [2.24, 2.45) is 0 Å². The van der Waals surface area contributed by atoms with Gasteiger partial charge in [-0.05, 0) is 48.7 Å². The highest BCUT2D eigenvalue weighted by atomic mass is 35.5. The molecule has 0 aliphatic carbocycles. The predicted octanol–water partition coefficient (Wildman–Crippen LogP) is 4.46. The number of carbonyl (C=O) groups excluding carboxylic acids is 1. The highest BCUT2D eigenvalue weighted by Crippen LogP contribution is 2.23. The maximum Gasteiger partial charge on any atom is 0.255 e. The summed E-state index contributed by atoms with van der Waals surface area (Å²) in [6.07, 6.45) is 0.968. The van der Waals surface area contributed by atoms with Crippen LogP contribution in [0.25, 0.3) is 0 Å². The number of halogens is 1. The van der Waals surface area contributed by atoms with Crippen LogP contribution in [0.4, 0.5) is 5.69 Å². The van der Waals surface area contributed by atoms with Crippen LogP contribution in [0.3, 0.4) is 0 Å². The van der Waals surface area contributed by atoms with Gasteiger partial charge in [0.2, 0.25) is 0 Å². The van der Waals surface area contributed by atoms with E-state index < -0.39 is 0 Å². The van der Waals surface area contributed by atoms with E-state index in [1.54, 1.807) is 0 Å². The molecule has 0 saturated heterocycles. The molecule has 0 aromatic heterocycles. The molecule has 0 atom stereocenters. The Morgan fingerprint density at radius 2 is 1.84 bits per heavy atom. The molecule has 2 aromatic rings. The number of benzene rings is 2. The van der Waals surface area contributed by atoms with Crippen molar-refractivity contribution >= 4 is 23.2 Å². The summed E-state index contributed by atoms with van der Waals surface area (Å²) in [6.45, 7) is 3.97. The first-order valence-electron chi connectivity index (χ1n) is 6.27. The van der Waals surface area contributed by atoms with Crippen LogP contribution in [-0.4, -0.2) is 5.91 Å². The number of rotatable bonds is 3. The third-order valence-corrected chi connectivity index (χ3v) is 3.55. The van der Waals surface area contributed by atoms with Gasteiger partial charge in [0, 0.05) is 16.3 Å². The topological polar surface area (TPSA) is 29.1 Å². The highest BCUT2D eigenvalue weighted by molar-refractivity contribution is 6.31. The number of carbonyl (C=O) groups is 1. The van der Waals surface area contributed by atoms with E-state index in [4.69, 9.17) is 11.6 Å². The highest BCUT2D eigenvalue weighted by Gasteiger charge is 2.08. The van der Waals surface area contributed by atoms with Crippen LogP contribution in [-0.2, 0) is 6.42 Å². The predicted molar refractivity (Wildman–Crippen MR) is 80.0 cm³/mol. The average molecular weight is 274 g/mol. The lowest BCUT2D eigenvalue weighted by atomic mass is 10.1. The number of hydrogen-bond acceptors (Lipinski definition) is 1. The molecule has 0 heterocycles. The summed E-state index contributed by atoms with van der Waals surface area (Å²) in [4.78, 5) is 12.1. The standard InChI is InChI=1S/C16H16ClNO/c1-3-12-7-9-13(10-8-12)16(19)18-15-6-4-5-14(17)11(15)2/h4-10H,3H2,1-2H3,(H,18,19). The van der Waals surface area contributed by atoms with E-state index in [2.05, 4.69) is 12.2 Å². The monoisotopic (exact) mass is 273 g/mol. The number of hydrogen-bond donors (Lipinski definition) is 1. The van der Waals surface area contributed by atoms with Crippen LogP contribution in [0.15, 0.2) is 42.5 Å². The summed E-state index contributed by atoms with van der Waals surface area (Å²) < 4.78 is 0. The maximum absolute atomic E-state index is 12.1. The molecule has 0 saturated carbocycles. The molecule has 3 heteroatoms. The van der Waals surface area contributed by atoms with Gasteiger partial charge in [-0.25, -0.2) is 0 Å². The van der Waals surface area contributed by atoms with Gasteiger partial charge in [-0.1, -0.05) is 36.7 Å². The summed E-state index contributed by atoms with van der Waals surface area (Å²) in [5, 5.41) is 3.53. The van der Waals surface area contributed by atoms with Gasteiger partial charge in [0.1, 0.15) is 0 Å². The summed E-state index contributed by atoms with van der Waals surface area (Å²) in [7, 11) is 0. The number of anilines is 1. The maximum atomic E-state index is 12.1. The van der Waals surface area contributed by atoms with Gasteiger partial charge in [-0.15, -0.1) is 0 Å². The van der Waals surface area contributed by atoms with Gasteiger partial charge in [-0.3, -0.25) is 4.79 Å². The zero-order valence-electron chi connectivity index (χ0n) is 11.0. The fraction of sp³-hybridized carbons (Fsp3) is 0.188. The Bertz CT molecular complexity index is 590. The molecule has 0 spiro atoms. The Balaban J connectivity index is 2.18. The zero-order chi connectivity index (χ0) is 13.8. The molecule has 0 bridgehead atoms. The minimum atomic E-state index is -0.118. The normalized spacial score (nSPS) is 10.3. The fourth-order valence-corrected chi connectivity index (χ4v) is 2.00. The molecule has 2 aromatic carbocycles. The van der Waals surface area contributed by atoms with Gasteiger partial charge in [0.25, 0.3) is 5.91 Å². The van der Waals surface area contributed by atoms with Gasteiger partial charge < -0.3 is 5.32 Å². The minimum absolute atomic E-state index is 0.118. The second-order valence-electron chi connectivity index (χ2n) is 4.42. The Hall–Kier alpha value is -1.80. The number of amides is 1. The molecule has 0 fully saturated rings. The first-order valence-corrected chi connectivity index (χ1v) is 6.65. The Morgan fingerprint density at radius 3 is 2.47 bits per heavy atom. The third-order valence-electron chi connectivity index (χ3n) is 3.14. The van der Waals surface area contributed by atoms with Crippen molar-refractivity contribution in [2.45, 2.75) is 20.3 Å². The van der Waals surface area contributed by atoms with Crippen LogP contribution >= 0.6 is 11.6 Å². The molecular formula is C16H16ClNO. The molecule has 98 valence electrons. The van der Waals surface area contributed by atoms with Crippen molar-refractivity contribution in [3.8, 4) is 0 Å². The Morgan fingerprint density at radius 1 is 1.16 bits per heavy atom. The molecule has 2 rings (SSSR count). The zero-order valence-corrected chi connectivity index (χ0v) is 11.8. The van der Waals surface area contributed by atoms with Crippen molar-refractivity contribution in [2.75, 3.05) is 5.32 Å². The average Bonchev–Trinajstić information content (AvgIpc) is 2.44. The molecule has 1 N–H and O–H groups in total. The lowest BCUT2D eigenvalue weighted by Gasteiger charge is -2.09. The van der Waals surface area contributed by atoms with Crippen molar-refractivity contribution in [1.29, 1.82) is 0 Å². The molecule has 0 unspecified atom stereocenters. The molecule has 0 aliphatic heterocycles. The first kappa shape index (κ1) is 13.6. The second-order valence-corrected chi connectivity index (χ2v) is 4.82. The first-order chi connectivity index (χ1) is 9.11. The molecular weight excluding hydrogens is 258 g/mol. The lowest BCUT2D eigenvalue weighted by molar-refractivity contribution is 0.102. The summed E-state index contributed by atoms with van der Waals surface area (Å²) >= 11 is 6.03. The summed E-state index contributed by atoms with van der Waals surface area (Å²) in [6, 6.07) is 13.1. The van der Waals surface area contributed by atoms with Gasteiger partial charge >= 0.3 is 0 Å². The van der Waals surface area contributed by atoms with E-state index in [0.29, 0.717) is 10.6 Å². The Kier molecular flexibility index (Phi) is 4.23. The van der Waals surface area contributed by atoms with Crippen molar-refractivity contribution in [3.05, 3.63) is 64.2 Å². The van der Waals surface area contributed by atoms with Crippen LogP contribution < -0.4 is 5.32 Å². The smallest absolute Gasteiger partial charge is 0.255 e. The van der Waals surface area contributed by atoms with Crippen LogP contribution in [0.2, 0.25) is 5.02 Å². The molecule has 2 nitrogen and oxygen atoms in total. The van der Waals surface area contributed by atoms with Crippen molar-refractivity contribution < 1.29 is 4.79 Å². The van der Waals surface area contributed by atoms with Crippen LogP contribution in [0.1, 0.15) is 28.4 Å². The van der Waals surface area contributed by atoms with E-state index in [9.17, 15) is 4.79 Å². The molecule has 1 amide bonds. The van der Waals surface area contributed by atoms with E-state index in [1.807, 2.05) is 49.4 Å². The minimum Gasteiger partial charge on any atom is -0.322 e. The van der Waals surface area contributed by atoms with E-state index in [-0.39, 0.29) is 5.91 Å².